The van der Waals surface area contributed by atoms with Crippen molar-refractivity contribution in [1.29, 1.82) is 0 Å². The molecule has 0 aromatic heterocycles. The Labute approximate surface area is 120 Å². The number of nitrogens with one attached hydrogen (secondary N) is 1. The Hall–Kier alpha value is -1.55. The van der Waals surface area contributed by atoms with Crippen LogP contribution in [0.25, 0.3) is 0 Å². The van der Waals surface area contributed by atoms with E-state index in [4.69, 9.17) is 9.47 Å². The quantitative estimate of drug-likeness (QED) is 0.919. The van der Waals surface area contributed by atoms with Crippen LogP contribution in [0.2, 0.25) is 0 Å². The summed E-state index contributed by atoms with van der Waals surface area (Å²) < 4.78 is 11.2. The molecule has 0 saturated carbocycles. The van der Waals surface area contributed by atoms with Gasteiger partial charge in [-0.05, 0) is 37.1 Å². The lowest BCUT2D eigenvalue weighted by atomic mass is 9.95. The zero-order chi connectivity index (χ0) is 14.6. The van der Waals surface area contributed by atoms with Gasteiger partial charge in [0, 0.05) is 17.7 Å². The molecule has 20 heavy (non-hydrogen) atoms. The smallest absolute Gasteiger partial charge is 0.229 e. The van der Waals surface area contributed by atoms with E-state index < -0.39 is 5.41 Å². The first-order valence-electron chi connectivity index (χ1n) is 7.11. The zero-order valence-electron chi connectivity index (χ0n) is 12.4. The third kappa shape index (κ3) is 4.23. The van der Waals surface area contributed by atoms with Gasteiger partial charge in [0.1, 0.15) is 12.4 Å². The van der Waals surface area contributed by atoms with Crippen molar-refractivity contribution >= 4 is 11.6 Å². The number of rotatable bonds is 4. The van der Waals surface area contributed by atoms with Crippen LogP contribution in [0.4, 0.5) is 5.69 Å². The van der Waals surface area contributed by atoms with Crippen LogP contribution < -0.4 is 10.1 Å². The lowest BCUT2D eigenvalue weighted by Crippen LogP contribution is -2.27. The Morgan fingerprint density at radius 1 is 1.35 bits per heavy atom. The van der Waals surface area contributed by atoms with Crippen molar-refractivity contribution in [1.82, 2.24) is 0 Å². The number of carbonyl (C=O) groups excluding carboxylic acids is 1. The van der Waals surface area contributed by atoms with Gasteiger partial charge in [-0.1, -0.05) is 20.8 Å². The molecule has 4 nitrogen and oxygen atoms in total. The Morgan fingerprint density at radius 3 is 2.60 bits per heavy atom. The number of carbonyl (C=O) groups is 1. The number of benzene rings is 1. The molecule has 1 saturated heterocycles. The Kier molecular flexibility index (Phi) is 4.65. The lowest BCUT2D eigenvalue weighted by molar-refractivity contribution is -0.123. The van der Waals surface area contributed by atoms with Crippen molar-refractivity contribution in [2.75, 3.05) is 18.5 Å². The molecule has 1 fully saturated rings. The van der Waals surface area contributed by atoms with Crippen LogP contribution in [0.1, 0.15) is 33.6 Å². The van der Waals surface area contributed by atoms with Gasteiger partial charge in [-0.2, -0.15) is 0 Å². The van der Waals surface area contributed by atoms with Crippen LogP contribution in [0, 0.1) is 5.41 Å². The third-order valence-electron chi connectivity index (χ3n) is 3.25. The van der Waals surface area contributed by atoms with Gasteiger partial charge in [-0.25, -0.2) is 0 Å². The largest absolute Gasteiger partial charge is 0.491 e. The first-order chi connectivity index (χ1) is 9.45. The molecule has 1 aromatic carbocycles. The van der Waals surface area contributed by atoms with Crippen molar-refractivity contribution in [3.63, 3.8) is 0 Å². The monoisotopic (exact) mass is 277 g/mol. The average Bonchev–Trinajstić information content (AvgIpc) is 2.90. The van der Waals surface area contributed by atoms with Gasteiger partial charge < -0.3 is 14.8 Å². The van der Waals surface area contributed by atoms with Crippen LogP contribution in [0.5, 0.6) is 5.75 Å². The number of hydrogen-bond acceptors (Lipinski definition) is 3. The molecule has 4 heteroatoms. The highest BCUT2D eigenvalue weighted by Gasteiger charge is 2.21. The molecule has 1 aliphatic heterocycles. The Balaban J connectivity index is 1.84. The fourth-order valence-corrected chi connectivity index (χ4v) is 1.92. The molecular formula is C16H23NO3. The normalized spacial score (nSPS) is 18.9. The molecule has 1 N–H and O–H groups in total. The van der Waals surface area contributed by atoms with E-state index in [1.54, 1.807) is 0 Å². The van der Waals surface area contributed by atoms with E-state index in [1.165, 1.54) is 0 Å². The summed E-state index contributed by atoms with van der Waals surface area (Å²) in [5, 5.41) is 2.89. The fourth-order valence-electron chi connectivity index (χ4n) is 1.92. The molecule has 1 unspecified atom stereocenters. The summed E-state index contributed by atoms with van der Waals surface area (Å²) in [4.78, 5) is 11.9. The van der Waals surface area contributed by atoms with Gasteiger partial charge in [-0.3, -0.25) is 4.79 Å². The molecule has 1 aliphatic rings. The minimum absolute atomic E-state index is 0.00511. The predicted molar refractivity (Wildman–Crippen MR) is 79.0 cm³/mol. The standard InChI is InChI=1S/C16H23NO3/c1-16(2,3)15(18)17-12-6-8-13(9-7-12)20-11-14-5-4-10-19-14/h6-9,14H,4-5,10-11H2,1-3H3,(H,17,18). The Morgan fingerprint density at radius 2 is 2.05 bits per heavy atom. The van der Waals surface area contributed by atoms with Crippen molar-refractivity contribution in [3.05, 3.63) is 24.3 Å². The summed E-state index contributed by atoms with van der Waals surface area (Å²) in [5.74, 6) is 0.805. The van der Waals surface area contributed by atoms with Gasteiger partial charge in [0.15, 0.2) is 0 Å². The van der Waals surface area contributed by atoms with E-state index >= 15 is 0 Å². The number of anilines is 1. The Bertz CT molecular complexity index is 442. The van der Waals surface area contributed by atoms with E-state index in [9.17, 15) is 4.79 Å². The summed E-state index contributed by atoms with van der Waals surface area (Å²) >= 11 is 0. The van der Waals surface area contributed by atoms with Crippen LogP contribution in [0.3, 0.4) is 0 Å². The number of hydrogen-bond donors (Lipinski definition) is 1. The van der Waals surface area contributed by atoms with E-state index in [2.05, 4.69) is 5.32 Å². The molecule has 1 atom stereocenters. The van der Waals surface area contributed by atoms with Crippen LogP contribution in [0.15, 0.2) is 24.3 Å². The van der Waals surface area contributed by atoms with Gasteiger partial charge >= 0.3 is 0 Å². The van der Waals surface area contributed by atoms with Crippen LogP contribution >= 0.6 is 0 Å². The molecule has 1 heterocycles. The molecule has 2 rings (SSSR count). The predicted octanol–water partition coefficient (Wildman–Crippen LogP) is 3.23. The second-order valence-electron chi connectivity index (χ2n) is 6.17. The molecular weight excluding hydrogens is 254 g/mol. The topological polar surface area (TPSA) is 47.6 Å². The molecule has 0 bridgehead atoms. The number of ether oxygens (including phenoxy) is 2. The molecule has 1 amide bonds. The molecule has 0 radical (unpaired) electrons. The number of amides is 1. The highest BCUT2D eigenvalue weighted by molar-refractivity contribution is 5.94. The molecule has 110 valence electrons. The summed E-state index contributed by atoms with van der Waals surface area (Å²) in [6, 6.07) is 7.45. The SMILES string of the molecule is CC(C)(C)C(=O)Nc1ccc(OCC2CCCO2)cc1. The van der Waals surface area contributed by atoms with Crippen molar-refractivity contribution in [2.45, 2.75) is 39.7 Å². The van der Waals surface area contributed by atoms with Gasteiger partial charge in [0.25, 0.3) is 0 Å². The van der Waals surface area contributed by atoms with Gasteiger partial charge in [0.2, 0.25) is 5.91 Å². The molecule has 0 aliphatic carbocycles. The van der Waals surface area contributed by atoms with Crippen molar-refractivity contribution in [3.8, 4) is 5.75 Å². The van der Waals surface area contributed by atoms with Crippen molar-refractivity contribution in [2.24, 2.45) is 5.41 Å². The zero-order valence-corrected chi connectivity index (χ0v) is 12.4. The molecule has 0 spiro atoms. The third-order valence-corrected chi connectivity index (χ3v) is 3.25. The summed E-state index contributed by atoms with van der Waals surface area (Å²) in [6.07, 6.45) is 2.40. The average molecular weight is 277 g/mol. The highest BCUT2D eigenvalue weighted by Crippen LogP contribution is 2.21. The minimum atomic E-state index is -0.394. The van der Waals surface area contributed by atoms with Gasteiger partial charge in [0.05, 0.1) is 6.10 Å². The minimum Gasteiger partial charge on any atom is -0.491 e. The molecule has 1 aromatic rings. The lowest BCUT2D eigenvalue weighted by Gasteiger charge is -2.18. The summed E-state index contributed by atoms with van der Waals surface area (Å²) in [5.41, 5.74) is 0.393. The maximum absolute atomic E-state index is 11.9. The maximum Gasteiger partial charge on any atom is 0.229 e. The second-order valence-corrected chi connectivity index (χ2v) is 6.17. The van der Waals surface area contributed by atoms with Gasteiger partial charge in [-0.15, -0.1) is 0 Å². The van der Waals surface area contributed by atoms with Crippen molar-refractivity contribution < 1.29 is 14.3 Å². The van der Waals surface area contributed by atoms with E-state index in [0.717, 1.165) is 30.9 Å². The highest BCUT2D eigenvalue weighted by atomic mass is 16.5. The van der Waals surface area contributed by atoms with Crippen LogP contribution in [-0.4, -0.2) is 25.2 Å². The first-order valence-corrected chi connectivity index (χ1v) is 7.11. The maximum atomic E-state index is 11.9. The summed E-state index contributed by atoms with van der Waals surface area (Å²) in [7, 11) is 0. The van der Waals surface area contributed by atoms with E-state index in [0.29, 0.717) is 6.61 Å². The first kappa shape index (κ1) is 14.9. The second kappa shape index (κ2) is 6.27. The van der Waals surface area contributed by atoms with Crippen LogP contribution in [-0.2, 0) is 9.53 Å². The summed E-state index contributed by atoms with van der Waals surface area (Å²) in [6.45, 7) is 7.10. The fraction of sp³-hybridized carbons (Fsp3) is 0.562. The van der Waals surface area contributed by atoms with E-state index in [1.807, 2.05) is 45.0 Å². The van der Waals surface area contributed by atoms with E-state index in [-0.39, 0.29) is 12.0 Å².